The zero-order valence-corrected chi connectivity index (χ0v) is 15.8. The number of nitrogens with zero attached hydrogens (tertiary/aromatic N) is 1. The van der Waals surface area contributed by atoms with Crippen LogP contribution in [0.5, 0.6) is 0 Å². The molecular weight excluding hydrogens is 316 g/mol. The number of hydrogen-bond donors (Lipinski definition) is 1. The fourth-order valence-electron chi connectivity index (χ4n) is 2.90. The third kappa shape index (κ3) is 4.21. The van der Waals surface area contributed by atoms with Crippen LogP contribution in [0, 0.1) is 5.41 Å². The Kier molecular flexibility index (Phi) is 5.88. The van der Waals surface area contributed by atoms with Gasteiger partial charge in [-0.3, -0.25) is 4.79 Å². The fraction of sp³-hybridized carbons (Fsp3) is 0.500. The van der Waals surface area contributed by atoms with E-state index in [2.05, 4.69) is 16.8 Å². The highest BCUT2D eigenvalue weighted by molar-refractivity contribution is 6.08. The summed E-state index contributed by atoms with van der Waals surface area (Å²) in [6.07, 6.45) is 4.02. The van der Waals surface area contributed by atoms with Gasteiger partial charge in [-0.05, 0) is 17.9 Å². The summed E-state index contributed by atoms with van der Waals surface area (Å²) in [5, 5.41) is 3.76. The van der Waals surface area contributed by atoms with Crippen molar-refractivity contribution in [3.05, 3.63) is 36.0 Å². The molecule has 0 fully saturated rings. The van der Waals surface area contributed by atoms with Crippen LogP contribution in [-0.2, 0) is 16.1 Å². The highest BCUT2D eigenvalue weighted by Crippen LogP contribution is 2.24. The number of fused-ring (bicyclic) bond motifs is 1. The predicted octanol–water partition coefficient (Wildman–Crippen LogP) is 3.76. The van der Waals surface area contributed by atoms with E-state index in [4.69, 9.17) is 4.74 Å². The van der Waals surface area contributed by atoms with Gasteiger partial charge in [-0.2, -0.15) is 0 Å². The molecule has 5 heteroatoms. The number of methoxy groups -OCH3 is 1. The number of hydrogen-bond acceptors (Lipinski definition) is 3. The number of rotatable bonds is 6. The number of ether oxygens (including phenoxy) is 1. The highest BCUT2D eigenvalue weighted by Gasteiger charge is 2.34. The Morgan fingerprint density at radius 3 is 2.52 bits per heavy atom. The summed E-state index contributed by atoms with van der Waals surface area (Å²) in [5.74, 6) is -0.688. The first-order chi connectivity index (χ1) is 11.8. The lowest BCUT2D eigenvalue weighted by atomic mass is 9.86. The molecule has 0 saturated heterocycles. The molecule has 0 bridgehead atoms. The largest absolute Gasteiger partial charge is 0.467 e. The first-order valence-electron chi connectivity index (χ1n) is 8.76. The zero-order valence-electron chi connectivity index (χ0n) is 15.8. The van der Waals surface area contributed by atoms with Crippen LogP contribution in [0.15, 0.2) is 30.5 Å². The predicted molar refractivity (Wildman–Crippen MR) is 99.6 cm³/mol. The van der Waals surface area contributed by atoms with Gasteiger partial charge < -0.3 is 14.6 Å². The zero-order chi connectivity index (χ0) is 18.6. The van der Waals surface area contributed by atoms with Crippen LogP contribution in [-0.4, -0.2) is 29.6 Å². The molecule has 0 radical (unpaired) electrons. The van der Waals surface area contributed by atoms with Crippen LogP contribution in [0.3, 0.4) is 0 Å². The second-order valence-electron chi connectivity index (χ2n) is 7.40. The van der Waals surface area contributed by atoms with Crippen LogP contribution >= 0.6 is 0 Å². The third-order valence-electron chi connectivity index (χ3n) is 4.36. The average Bonchev–Trinajstić information content (AvgIpc) is 2.95. The molecule has 136 valence electrons. The number of unbranched alkanes of at least 4 members (excludes halogenated alkanes) is 1. The number of nitrogens with one attached hydrogen (secondary N) is 1. The minimum Gasteiger partial charge on any atom is -0.467 e. The Hall–Kier alpha value is -2.30. The standard InChI is InChI=1S/C20H28N2O3/c1-6-7-12-22-13-15(14-10-8-9-11-16(14)22)18(23)21-17(19(24)25-5)20(2,3)4/h8-11,13,17H,6-7,12H2,1-5H3,(H,21,23). The van der Waals surface area contributed by atoms with Gasteiger partial charge in [0, 0.05) is 23.6 Å². The molecule has 0 aliphatic rings. The van der Waals surface area contributed by atoms with Crippen LogP contribution in [0.1, 0.15) is 50.9 Å². The van der Waals surface area contributed by atoms with Crippen molar-refractivity contribution in [2.75, 3.05) is 7.11 Å². The first kappa shape index (κ1) is 19.0. The monoisotopic (exact) mass is 344 g/mol. The Bertz CT molecular complexity index is 756. The number of para-hydroxylation sites is 1. The maximum atomic E-state index is 12.9. The van der Waals surface area contributed by atoms with Crippen molar-refractivity contribution >= 4 is 22.8 Å². The molecule has 2 aromatic rings. The van der Waals surface area contributed by atoms with Crippen LogP contribution in [0.25, 0.3) is 10.9 Å². The molecule has 1 unspecified atom stereocenters. The molecule has 1 heterocycles. The van der Waals surface area contributed by atoms with Crippen LogP contribution in [0.4, 0.5) is 0 Å². The van der Waals surface area contributed by atoms with E-state index in [0.717, 1.165) is 30.3 Å². The molecular formula is C20H28N2O3. The minimum atomic E-state index is -0.706. The summed E-state index contributed by atoms with van der Waals surface area (Å²) in [6, 6.07) is 7.15. The Labute approximate surface area is 149 Å². The minimum absolute atomic E-state index is 0.253. The van der Waals surface area contributed by atoms with Gasteiger partial charge in [0.05, 0.1) is 12.7 Å². The summed E-state index contributed by atoms with van der Waals surface area (Å²) >= 11 is 0. The maximum absolute atomic E-state index is 12.9. The van der Waals surface area contributed by atoms with E-state index in [1.807, 2.05) is 51.2 Å². The number of aryl methyl sites for hydroxylation is 1. The lowest BCUT2D eigenvalue weighted by Crippen LogP contribution is -2.49. The van der Waals surface area contributed by atoms with Crippen molar-refractivity contribution in [2.24, 2.45) is 5.41 Å². The van der Waals surface area contributed by atoms with E-state index in [9.17, 15) is 9.59 Å². The van der Waals surface area contributed by atoms with Crippen LogP contribution < -0.4 is 5.32 Å². The smallest absolute Gasteiger partial charge is 0.328 e. The summed E-state index contributed by atoms with van der Waals surface area (Å²) < 4.78 is 6.97. The summed E-state index contributed by atoms with van der Waals surface area (Å²) in [6.45, 7) is 8.71. The fourth-order valence-corrected chi connectivity index (χ4v) is 2.90. The van der Waals surface area contributed by atoms with Crippen molar-refractivity contribution < 1.29 is 14.3 Å². The maximum Gasteiger partial charge on any atom is 0.328 e. The van der Waals surface area contributed by atoms with Crippen LogP contribution in [0.2, 0.25) is 0 Å². The number of aromatic nitrogens is 1. The SMILES string of the molecule is CCCCn1cc(C(=O)NC(C(=O)OC)C(C)(C)C)c2ccccc21. The van der Waals surface area contributed by atoms with Crippen molar-refractivity contribution in [1.29, 1.82) is 0 Å². The first-order valence-corrected chi connectivity index (χ1v) is 8.76. The van der Waals surface area contributed by atoms with Gasteiger partial charge in [0.1, 0.15) is 6.04 Å². The molecule has 1 atom stereocenters. The number of benzene rings is 1. The molecule has 1 aromatic carbocycles. The number of carbonyl (C=O) groups excluding carboxylic acids is 2. The third-order valence-corrected chi connectivity index (χ3v) is 4.36. The molecule has 1 N–H and O–H groups in total. The second-order valence-corrected chi connectivity index (χ2v) is 7.40. The van der Waals surface area contributed by atoms with E-state index in [0.29, 0.717) is 5.56 Å². The Balaban J connectivity index is 2.37. The Morgan fingerprint density at radius 2 is 1.92 bits per heavy atom. The molecule has 5 nitrogen and oxygen atoms in total. The van der Waals surface area contributed by atoms with E-state index in [1.54, 1.807) is 0 Å². The van der Waals surface area contributed by atoms with Crippen molar-refractivity contribution in [3.8, 4) is 0 Å². The average molecular weight is 344 g/mol. The molecule has 0 aliphatic carbocycles. The van der Waals surface area contributed by atoms with Crippen molar-refractivity contribution in [3.63, 3.8) is 0 Å². The van der Waals surface area contributed by atoms with Gasteiger partial charge in [-0.15, -0.1) is 0 Å². The summed E-state index contributed by atoms with van der Waals surface area (Å²) in [4.78, 5) is 25.0. The quantitative estimate of drug-likeness (QED) is 0.812. The lowest BCUT2D eigenvalue weighted by Gasteiger charge is -2.28. The second kappa shape index (κ2) is 7.72. The van der Waals surface area contributed by atoms with E-state index >= 15 is 0 Å². The Morgan fingerprint density at radius 1 is 1.24 bits per heavy atom. The van der Waals surface area contributed by atoms with Crippen molar-refractivity contribution in [2.45, 2.75) is 53.1 Å². The highest BCUT2D eigenvalue weighted by atomic mass is 16.5. The van der Waals surface area contributed by atoms with Gasteiger partial charge in [0.2, 0.25) is 0 Å². The molecule has 0 aliphatic heterocycles. The van der Waals surface area contributed by atoms with Gasteiger partial charge >= 0.3 is 5.97 Å². The topological polar surface area (TPSA) is 60.3 Å². The molecule has 0 spiro atoms. The van der Waals surface area contributed by atoms with Gasteiger partial charge in [0.25, 0.3) is 5.91 Å². The van der Waals surface area contributed by atoms with Crippen molar-refractivity contribution in [1.82, 2.24) is 9.88 Å². The lowest BCUT2D eigenvalue weighted by molar-refractivity contribution is -0.145. The molecule has 0 saturated carbocycles. The van der Waals surface area contributed by atoms with E-state index in [-0.39, 0.29) is 5.91 Å². The number of esters is 1. The number of amides is 1. The van der Waals surface area contributed by atoms with Gasteiger partial charge in [0.15, 0.2) is 0 Å². The van der Waals surface area contributed by atoms with E-state index < -0.39 is 17.4 Å². The van der Waals surface area contributed by atoms with Gasteiger partial charge in [-0.25, -0.2) is 4.79 Å². The summed E-state index contributed by atoms with van der Waals surface area (Å²) in [7, 11) is 1.34. The molecule has 2 rings (SSSR count). The molecule has 1 amide bonds. The molecule has 1 aromatic heterocycles. The number of carbonyl (C=O) groups is 2. The molecule has 25 heavy (non-hydrogen) atoms. The summed E-state index contributed by atoms with van der Waals surface area (Å²) in [5.41, 5.74) is 1.18. The normalized spacial score (nSPS) is 12.8. The van der Waals surface area contributed by atoms with Gasteiger partial charge in [-0.1, -0.05) is 52.3 Å². The van der Waals surface area contributed by atoms with E-state index in [1.165, 1.54) is 7.11 Å².